The van der Waals surface area contributed by atoms with Crippen LogP contribution in [0, 0.1) is 0 Å². The molecule has 40 heavy (non-hydrogen) atoms. The number of ether oxygens (including phenoxy) is 3. The summed E-state index contributed by atoms with van der Waals surface area (Å²) in [5.74, 6) is -3.42. The summed E-state index contributed by atoms with van der Waals surface area (Å²) in [6, 6.07) is 3.75. The Labute approximate surface area is 234 Å². The van der Waals surface area contributed by atoms with E-state index in [9.17, 15) is 14.4 Å². The van der Waals surface area contributed by atoms with E-state index in [2.05, 4.69) is 5.32 Å². The van der Waals surface area contributed by atoms with Crippen molar-refractivity contribution in [2.45, 2.75) is 77.0 Å². The van der Waals surface area contributed by atoms with E-state index in [4.69, 9.17) is 14.2 Å². The van der Waals surface area contributed by atoms with Gasteiger partial charge in [-0.15, -0.1) is 11.3 Å². The first-order valence-electron chi connectivity index (χ1n) is 13.3. The van der Waals surface area contributed by atoms with Gasteiger partial charge >= 0.3 is 12.1 Å². The van der Waals surface area contributed by atoms with E-state index < -0.39 is 41.5 Å². The van der Waals surface area contributed by atoms with Gasteiger partial charge in [0.25, 0.3) is 5.92 Å². The van der Waals surface area contributed by atoms with Gasteiger partial charge in [0.05, 0.1) is 24.6 Å². The number of carbonyl (C=O) groups excluding carboxylic acids is 2. The molecule has 0 radical (unpaired) electrons. The van der Waals surface area contributed by atoms with Crippen molar-refractivity contribution >= 4 is 34.3 Å². The number of benzene rings is 1. The molecule has 8 nitrogen and oxygen atoms in total. The Morgan fingerprint density at radius 1 is 1.23 bits per heavy atom. The Kier molecular flexibility index (Phi) is 7.14. The molecule has 0 spiro atoms. The molecule has 1 N–H and O–H groups in total. The minimum Gasteiger partial charge on any atom is -0.494 e. The number of esters is 1. The second kappa shape index (κ2) is 10.2. The largest absolute Gasteiger partial charge is 0.494 e. The zero-order chi connectivity index (χ0) is 29.0. The number of carbonyl (C=O) groups is 2. The molecule has 1 saturated carbocycles. The van der Waals surface area contributed by atoms with Crippen molar-refractivity contribution < 1.29 is 32.6 Å². The number of pyridine rings is 1. The van der Waals surface area contributed by atoms with Gasteiger partial charge in [-0.3, -0.25) is 4.79 Å². The van der Waals surface area contributed by atoms with Crippen LogP contribution in [0.5, 0.6) is 5.75 Å². The van der Waals surface area contributed by atoms with E-state index in [0.29, 0.717) is 37.5 Å². The molecular formula is C29H32F2N2O6S. The summed E-state index contributed by atoms with van der Waals surface area (Å²) in [5, 5.41) is 2.71. The highest BCUT2D eigenvalue weighted by molar-refractivity contribution is 7.15. The average molecular weight is 575 g/mol. The van der Waals surface area contributed by atoms with Crippen molar-refractivity contribution in [3.63, 3.8) is 0 Å². The molecule has 1 fully saturated rings. The van der Waals surface area contributed by atoms with Gasteiger partial charge in [-0.25, -0.2) is 18.4 Å². The van der Waals surface area contributed by atoms with Crippen molar-refractivity contribution in [1.29, 1.82) is 0 Å². The molecule has 1 unspecified atom stereocenters. The molecule has 5 rings (SSSR count). The molecular weight excluding hydrogens is 542 g/mol. The minimum atomic E-state index is -3.16. The van der Waals surface area contributed by atoms with Crippen LogP contribution in [0.4, 0.5) is 13.6 Å². The number of thiophene rings is 1. The summed E-state index contributed by atoms with van der Waals surface area (Å²) in [4.78, 5) is 39.3. The lowest BCUT2D eigenvalue weighted by Gasteiger charge is -2.32. The smallest absolute Gasteiger partial charge is 0.408 e. The van der Waals surface area contributed by atoms with Gasteiger partial charge in [0.2, 0.25) is 5.43 Å². The zero-order valence-corrected chi connectivity index (χ0v) is 23.9. The van der Waals surface area contributed by atoms with Crippen LogP contribution in [0.3, 0.4) is 0 Å². The second-order valence-electron chi connectivity index (χ2n) is 11.1. The van der Waals surface area contributed by atoms with E-state index in [1.54, 1.807) is 39.8 Å². The molecule has 2 heterocycles. The number of halogens is 2. The third kappa shape index (κ3) is 5.18. The van der Waals surface area contributed by atoms with Crippen molar-refractivity contribution in [3.05, 3.63) is 50.6 Å². The number of nitrogens with one attached hydrogen (secondary N) is 1. The first-order chi connectivity index (χ1) is 18.8. The highest BCUT2D eigenvalue weighted by atomic mass is 32.1. The van der Waals surface area contributed by atoms with Crippen molar-refractivity contribution in [2.75, 3.05) is 13.7 Å². The Morgan fingerprint density at radius 3 is 2.58 bits per heavy atom. The van der Waals surface area contributed by atoms with Gasteiger partial charge in [-0.2, -0.15) is 0 Å². The number of aryl methyl sites for hydroxylation is 1. The van der Waals surface area contributed by atoms with E-state index in [1.807, 2.05) is 10.6 Å². The van der Waals surface area contributed by atoms with Gasteiger partial charge < -0.3 is 24.1 Å². The summed E-state index contributed by atoms with van der Waals surface area (Å²) in [5.41, 5.74) is 0.557. The number of alkyl halides is 2. The van der Waals surface area contributed by atoms with Crippen LogP contribution in [0.15, 0.2) is 29.2 Å². The van der Waals surface area contributed by atoms with Crippen LogP contribution in [-0.2, 0) is 15.9 Å². The fourth-order valence-corrected chi connectivity index (χ4v) is 6.41. The Morgan fingerprint density at radius 2 is 1.95 bits per heavy atom. The molecule has 2 aromatic heterocycles. The molecule has 0 saturated heterocycles. The third-order valence-electron chi connectivity index (χ3n) is 6.97. The van der Waals surface area contributed by atoms with Crippen LogP contribution in [-0.4, -0.2) is 41.9 Å². The summed E-state index contributed by atoms with van der Waals surface area (Å²) in [6.45, 7) is 6.83. The molecule has 0 aliphatic heterocycles. The molecule has 0 bridgehead atoms. The highest BCUT2D eigenvalue weighted by Gasteiger charge is 2.47. The van der Waals surface area contributed by atoms with Gasteiger partial charge in [0, 0.05) is 34.0 Å². The molecule has 11 heteroatoms. The molecule has 2 aliphatic rings. The minimum absolute atomic E-state index is 0.0408. The summed E-state index contributed by atoms with van der Waals surface area (Å²) in [6.07, 6.45) is 2.13. The number of nitrogens with zero attached hydrogens (tertiary/aromatic N) is 1. The zero-order valence-electron chi connectivity index (χ0n) is 23.1. The molecule has 214 valence electrons. The van der Waals surface area contributed by atoms with Crippen molar-refractivity contribution in [3.8, 4) is 16.2 Å². The monoisotopic (exact) mass is 574 g/mol. The first kappa shape index (κ1) is 28.1. The van der Waals surface area contributed by atoms with Crippen LogP contribution in [0.1, 0.15) is 79.8 Å². The van der Waals surface area contributed by atoms with Gasteiger partial charge in [0.1, 0.15) is 17.2 Å². The lowest BCUT2D eigenvalue weighted by Crippen LogP contribution is -2.44. The number of methoxy groups -OCH3 is 1. The Balaban J connectivity index is 1.62. The van der Waals surface area contributed by atoms with Gasteiger partial charge in [0.15, 0.2) is 5.75 Å². The van der Waals surface area contributed by atoms with Crippen LogP contribution < -0.4 is 15.5 Å². The number of alkyl carbamates (subject to hydrolysis) is 1. The summed E-state index contributed by atoms with van der Waals surface area (Å²) >= 11 is 1.15. The van der Waals surface area contributed by atoms with E-state index in [1.165, 1.54) is 13.3 Å². The molecule has 1 amide bonds. The van der Waals surface area contributed by atoms with Crippen LogP contribution in [0.25, 0.3) is 21.3 Å². The van der Waals surface area contributed by atoms with Gasteiger partial charge in [-0.05, 0) is 70.7 Å². The third-order valence-corrected chi connectivity index (χ3v) is 8.24. The molecule has 1 atom stereocenters. The maximum Gasteiger partial charge on any atom is 0.408 e. The Bertz CT molecular complexity index is 1550. The fourth-order valence-electron chi connectivity index (χ4n) is 5.06. The standard InChI is InChI=1S/C29H32F2N2O6S/c1-6-38-26(35)19-14-33(16-7-8-16)21-18(22(19)34)10-9-17(23(21)37-5)20-13-15-11-12-29(30,31)25(24(15)40-20)32-27(36)39-28(2,3)4/h9-10,13-14,16,25H,6-8,11-12H2,1-5H3,(H,32,36). The number of amides is 1. The number of hydrogen-bond acceptors (Lipinski definition) is 7. The maximum atomic E-state index is 15.1. The number of rotatable bonds is 6. The molecule has 2 aliphatic carbocycles. The lowest BCUT2D eigenvalue weighted by molar-refractivity contribution is -0.0531. The number of hydrogen-bond donors (Lipinski definition) is 1. The van der Waals surface area contributed by atoms with Crippen molar-refractivity contribution in [1.82, 2.24) is 9.88 Å². The summed E-state index contributed by atoms with van der Waals surface area (Å²) in [7, 11) is 1.49. The van der Waals surface area contributed by atoms with Gasteiger partial charge in [-0.1, -0.05) is 0 Å². The topological polar surface area (TPSA) is 95.9 Å². The lowest BCUT2D eigenvalue weighted by atomic mass is 9.91. The highest BCUT2D eigenvalue weighted by Crippen LogP contribution is 2.50. The quantitative estimate of drug-likeness (QED) is 0.343. The van der Waals surface area contributed by atoms with E-state index >= 15 is 8.78 Å². The van der Waals surface area contributed by atoms with Crippen LogP contribution >= 0.6 is 11.3 Å². The summed E-state index contributed by atoms with van der Waals surface area (Å²) < 4.78 is 48.3. The number of fused-ring (bicyclic) bond motifs is 2. The fraction of sp³-hybridized carbons (Fsp3) is 0.483. The van der Waals surface area contributed by atoms with E-state index in [0.717, 1.165) is 24.2 Å². The van der Waals surface area contributed by atoms with Crippen molar-refractivity contribution in [2.24, 2.45) is 0 Å². The first-order valence-corrected chi connectivity index (χ1v) is 14.1. The van der Waals surface area contributed by atoms with Crippen LogP contribution in [0.2, 0.25) is 0 Å². The maximum absolute atomic E-state index is 15.1. The number of aromatic nitrogens is 1. The van der Waals surface area contributed by atoms with E-state index in [-0.39, 0.29) is 24.6 Å². The second-order valence-corrected chi connectivity index (χ2v) is 12.2. The Hall–Kier alpha value is -3.47. The predicted molar refractivity (Wildman–Crippen MR) is 148 cm³/mol. The normalized spacial score (nSPS) is 18.2. The average Bonchev–Trinajstić information content (AvgIpc) is 3.62. The SMILES string of the molecule is CCOC(=O)c1cn(C2CC2)c2c(OC)c(-c3cc4c(s3)C(NC(=O)OC(C)(C)C)C(F)(F)CC4)ccc2c1=O. The molecule has 3 aromatic rings. The predicted octanol–water partition coefficient (Wildman–Crippen LogP) is 6.40. The molecule has 1 aromatic carbocycles.